The Kier molecular flexibility index (Phi) is 10.7. The molecular weight excluding hydrogens is 614 g/mol. The second kappa shape index (κ2) is 14.5. The normalized spacial score (nSPS) is 15.8. The van der Waals surface area contributed by atoms with Crippen molar-refractivity contribution in [2.24, 2.45) is 11.3 Å². The van der Waals surface area contributed by atoms with E-state index in [9.17, 15) is 9.59 Å². The lowest BCUT2D eigenvalue weighted by Gasteiger charge is -2.33. The highest BCUT2D eigenvalue weighted by Crippen LogP contribution is 2.40. The van der Waals surface area contributed by atoms with E-state index < -0.39 is 11.5 Å². The Bertz CT molecular complexity index is 1770. The Labute approximate surface area is 291 Å². The van der Waals surface area contributed by atoms with Crippen LogP contribution in [-0.4, -0.2) is 17.5 Å². The molecule has 1 N–H and O–H groups in total. The van der Waals surface area contributed by atoms with Crippen LogP contribution in [0.1, 0.15) is 99.3 Å². The number of anilines is 1. The van der Waals surface area contributed by atoms with Crippen LogP contribution >= 0.6 is 11.6 Å². The molecule has 48 heavy (non-hydrogen) atoms. The molecule has 4 aromatic rings. The minimum absolute atomic E-state index is 0.0840. The average Bonchev–Trinajstić information content (AvgIpc) is 3.03. The van der Waals surface area contributed by atoms with E-state index >= 15 is 0 Å². The van der Waals surface area contributed by atoms with E-state index in [0.29, 0.717) is 28.3 Å². The first-order valence-corrected chi connectivity index (χ1v) is 17.3. The van der Waals surface area contributed by atoms with Gasteiger partial charge in [0.1, 0.15) is 5.60 Å². The molecule has 0 aliphatic heterocycles. The second-order valence-corrected chi connectivity index (χ2v) is 15.6. The van der Waals surface area contributed by atoms with Crippen molar-refractivity contribution >= 4 is 34.7 Å². The van der Waals surface area contributed by atoms with Crippen LogP contribution in [0.4, 0.5) is 5.69 Å². The van der Waals surface area contributed by atoms with Crippen LogP contribution in [0.25, 0.3) is 16.7 Å². The van der Waals surface area contributed by atoms with E-state index in [0.717, 1.165) is 46.3 Å². The molecule has 4 nitrogen and oxygen atoms in total. The standard InChI is InChI=1S/C43H48ClNO3/c1-28-26-36(44)22-25-38(28)32-18-23-37(24-19-32)45-40(46)39(27-29-8-10-34(11-9-29)41(47)48-43(5,6)7)33-14-12-30(13-15-33)31-16-20-35(21-17-31)42(2,3)4/h8-16,18-19,22-26,35,39H,17,20-21,27H2,1-7H3,(H,45,46)/t35?,39-/m1/s1. The molecule has 0 saturated heterocycles. The minimum atomic E-state index is -0.571. The van der Waals surface area contributed by atoms with Crippen molar-refractivity contribution in [3.8, 4) is 11.1 Å². The molecule has 1 aliphatic carbocycles. The molecule has 1 aliphatic rings. The van der Waals surface area contributed by atoms with Crippen LogP contribution < -0.4 is 5.32 Å². The zero-order chi connectivity index (χ0) is 34.6. The van der Waals surface area contributed by atoms with Crippen LogP contribution in [0.5, 0.6) is 0 Å². The SMILES string of the molecule is Cc1cc(Cl)ccc1-c1ccc(NC(=O)[C@H](Cc2ccc(C(=O)OC(C)(C)C)cc2)c2ccc(C3=CCC(C(C)(C)C)CC3)cc2)cc1. The van der Waals surface area contributed by atoms with Crippen LogP contribution in [0.3, 0.4) is 0 Å². The van der Waals surface area contributed by atoms with Crippen molar-refractivity contribution in [1.29, 1.82) is 0 Å². The third-order valence-electron chi connectivity index (χ3n) is 9.32. The second-order valence-electron chi connectivity index (χ2n) is 15.2. The molecule has 0 radical (unpaired) electrons. The fourth-order valence-corrected chi connectivity index (χ4v) is 6.66. The van der Waals surface area contributed by atoms with Gasteiger partial charge in [-0.3, -0.25) is 4.79 Å². The van der Waals surface area contributed by atoms with Gasteiger partial charge in [-0.25, -0.2) is 4.79 Å². The van der Waals surface area contributed by atoms with Crippen molar-refractivity contribution in [3.63, 3.8) is 0 Å². The molecule has 1 amide bonds. The molecule has 5 rings (SSSR count). The topological polar surface area (TPSA) is 55.4 Å². The fourth-order valence-electron chi connectivity index (χ4n) is 6.44. The summed E-state index contributed by atoms with van der Waals surface area (Å²) in [5.74, 6) is -0.184. The number of allylic oxidation sites excluding steroid dienone is 2. The van der Waals surface area contributed by atoms with E-state index in [1.54, 1.807) is 12.1 Å². The van der Waals surface area contributed by atoms with Crippen molar-refractivity contribution in [1.82, 2.24) is 0 Å². The first-order valence-electron chi connectivity index (χ1n) is 17.0. The molecule has 1 unspecified atom stereocenters. The van der Waals surface area contributed by atoms with Gasteiger partial charge in [-0.05, 0) is 140 Å². The molecule has 0 fully saturated rings. The molecule has 2 atom stereocenters. The summed E-state index contributed by atoms with van der Waals surface area (Å²) in [5.41, 5.74) is 8.74. The maximum absolute atomic E-state index is 14.0. The fraction of sp³-hybridized carbons (Fsp3) is 0.349. The highest BCUT2D eigenvalue weighted by atomic mass is 35.5. The molecule has 0 heterocycles. The summed E-state index contributed by atoms with van der Waals surface area (Å²) in [6.07, 6.45) is 6.25. The van der Waals surface area contributed by atoms with Crippen molar-refractivity contribution in [3.05, 3.63) is 130 Å². The number of carbonyl (C=O) groups is 2. The van der Waals surface area contributed by atoms with Crippen LogP contribution in [-0.2, 0) is 16.0 Å². The number of nitrogens with one attached hydrogen (secondary N) is 1. The van der Waals surface area contributed by atoms with Gasteiger partial charge in [0.05, 0.1) is 11.5 Å². The van der Waals surface area contributed by atoms with E-state index in [4.69, 9.17) is 16.3 Å². The highest BCUT2D eigenvalue weighted by molar-refractivity contribution is 6.30. The van der Waals surface area contributed by atoms with E-state index in [2.05, 4.69) is 56.4 Å². The Morgan fingerprint density at radius 3 is 2.06 bits per heavy atom. The number of rotatable bonds is 8. The summed E-state index contributed by atoms with van der Waals surface area (Å²) >= 11 is 6.17. The lowest BCUT2D eigenvalue weighted by atomic mass is 9.72. The van der Waals surface area contributed by atoms with Gasteiger partial charge in [0.25, 0.3) is 0 Å². The van der Waals surface area contributed by atoms with Crippen molar-refractivity contribution in [2.75, 3.05) is 5.32 Å². The molecule has 0 aromatic heterocycles. The highest BCUT2D eigenvalue weighted by Gasteiger charge is 2.27. The summed E-state index contributed by atoms with van der Waals surface area (Å²) in [5, 5.41) is 3.88. The maximum Gasteiger partial charge on any atom is 0.338 e. The Morgan fingerprint density at radius 1 is 0.854 bits per heavy atom. The number of benzene rings is 4. The minimum Gasteiger partial charge on any atom is -0.456 e. The molecule has 250 valence electrons. The lowest BCUT2D eigenvalue weighted by molar-refractivity contribution is -0.117. The smallest absolute Gasteiger partial charge is 0.338 e. The molecule has 5 heteroatoms. The number of halogens is 1. The number of ether oxygens (including phenoxy) is 1. The zero-order valence-electron chi connectivity index (χ0n) is 29.3. The molecule has 0 bridgehead atoms. The lowest BCUT2D eigenvalue weighted by Crippen LogP contribution is -2.24. The van der Waals surface area contributed by atoms with Gasteiger partial charge in [0, 0.05) is 10.7 Å². The monoisotopic (exact) mass is 661 g/mol. The number of esters is 1. The van der Waals surface area contributed by atoms with Crippen molar-refractivity contribution < 1.29 is 14.3 Å². The van der Waals surface area contributed by atoms with Crippen molar-refractivity contribution in [2.45, 2.75) is 85.7 Å². The molecule has 0 spiro atoms. The Balaban J connectivity index is 1.37. The molecule has 4 aromatic carbocycles. The predicted molar refractivity (Wildman–Crippen MR) is 200 cm³/mol. The summed E-state index contributed by atoms with van der Waals surface area (Å²) in [6, 6.07) is 29.7. The van der Waals surface area contributed by atoms with E-state index in [-0.39, 0.29) is 11.9 Å². The first-order chi connectivity index (χ1) is 22.7. The number of hydrogen-bond acceptors (Lipinski definition) is 3. The maximum atomic E-state index is 14.0. The zero-order valence-corrected chi connectivity index (χ0v) is 30.1. The van der Waals surface area contributed by atoms with Crippen LogP contribution in [0.2, 0.25) is 5.02 Å². The molecule has 0 saturated carbocycles. The van der Waals surface area contributed by atoms with Crippen LogP contribution in [0.15, 0.2) is 97.1 Å². The average molecular weight is 662 g/mol. The molecular formula is C43H48ClNO3. The van der Waals surface area contributed by atoms with E-state index in [1.807, 2.05) is 82.3 Å². The third kappa shape index (κ3) is 9.05. The Hall–Kier alpha value is -4.15. The largest absolute Gasteiger partial charge is 0.456 e. The Morgan fingerprint density at radius 2 is 1.50 bits per heavy atom. The predicted octanol–water partition coefficient (Wildman–Crippen LogP) is 11.5. The summed E-state index contributed by atoms with van der Waals surface area (Å²) in [4.78, 5) is 26.6. The van der Waals surface area contributed by atoms with Gasteiger partial charge in [-0.1, -0.05) is 93.0 Å². The van der Waals surface area contributed by atoms with Gasteiger partial charge >= 0.3 is 5.97 Å². The van der Waals surface area contributed by atoms with Gasteiger partial charge in [0.15, 0.2) is 0 Å². The number of aryl methyl sites for hydroxylation is 1. The van der Waals surface area contributed by atoms with Gasteiger partial charge in [-0.2, -0.15) is 0 Å². The quantitative estimate of drug-likeness (QED) is 0.191. The number of carbonyl (C=O) groups excluding carboxylic acids is 2. The number of amides is 1. The van der Waals surface area contributed by atoms with Gasteiger partial charge < -0.3 is 10.1 Å². The first kappa shape index (κ1) is 35.2. The van der Waals surface area contributed by atoms with E-state index in [1.165, 1.54) is 17.6 Å². The van der Waals surface area contributed by atoms with Gasteiger partial charge in [0.2, 0.25) is 5.91 Å². The number of hydrogen-bond donors (Lipinski definition) is 1. The third-order valence-corrected chi connectivity index (χ3v) is 9.55. The summed E-state index contributed by atoms with van der Waals surface area (Å²) < 4.78 is 5.54. The summed E-state index contributed by atoms with van der Waals surface area (Å²) in [7, 11) is 0. The van der Waals surface area contributed by atoms with Crippen LogP contribution in [0, 0.1) is 18.3 Å². The summed E-state index contributed by atoms with van der Waals surface area (Å²) in [6.45, 7) is 14.6. The van der Waals surface area contributed by atoms with Gasteiger partial charge in [-0.15, -0.1) is 0 Å².